The molecule has 26 heavy (non-hydrogen) atoms. The number of carbonyl (C=O) groups excluding carboxylic acids is 2. The Bertz CT molecular complexity index is 650. The zero-order chi connectivity index (χ0) is 18.7. The van der Waals surface area contributed by atoms with Gasteiger partial charge in [-0.15, -0.1) is 0 Å². The zero-order valence-electron chi connectivity index (χ0n) is 15.8. The number of amides is 2. The molecule has 1 atom stereocenters. The van der Waals surface area contributed by atoms with Crippen molar-refractivity contribution in [1.82, 2.24) is 4.90 Å². The van der Waals surface area contributed by atoms with Crippen molar-refractivity contribution in [1.29, 1.82) is 0 Å². The summed E-state index contributed by atoms with van der Waals surface area (Å²) < 4.78 is 11.6. The molecular weight excluding hydrogens is 332 g/mol. The molecule has 0 saturated carbocycles. The fourth-order valence-electron chi connectivity index (χ4n) is 3.65. The lowest BCUT2D eigenvalue weighted by Crippen LogP contribution is -2.59. The van der Waals surface area contributed by atoms with Crippen LogP contribution in [0.1, 0.15) is 44.0 Å². The van der Waals surface area contributed by atoms with Gasteiger partial charge in [0.15, 0.2) is 5.78 Å². The molecule has 6 heteroatoms. The van der Waals surface area contributed by atoms with Gasteiger partial charge in [0.25, 0.3) is 0 Å². The van der Waals surface area contributed by atoms with E-state index in [-0.39, 0.29) is 29.4 Å². The molecule has 2 amide bonds. The lowest BCUT2D eigenvalue weighted by Gasteiger charge is -2.47. The molecule has 2 aliphatic rings. The second-order valence-electron chi connectivity index (χ2n) is 7.63. The first-order valence-electron chi connectivity index (χ1n) is 9.34. The minimum absolute atomic E-state index is 0.00126. The van der Waals surface area contributed by atoms with E-state index in [9.17, 15) is 9.59 Å². The van der Waals surface area contributed by atoms with Gasteiger partial charge in [-0.2, -0.15) is 0 Å². The van der Waals surface area contributed by atoms with E-state index in [4.69, 9.17) is 9.47 Å². The van der Waals surface area contributed by atoms with Crippen LogP contribution < -0.4 is 5.32 Å². The van der Waals surface area contributed by atoms with Crippen LogP contribution in [-0.4, -0.2) is 54.7 Å². The summed E-state index contributed by atoms with van der Waals surface area (Å²) in [6.07, 6.45) is 1.62. The SMILES string of the molecule is CC1CN(C(=O)Nc2ccc(C(=O)C(C)C)cc2)CC2(CCOCC2)O1. The second kappa shape index (κ2) is 7.76. The van der Waals surface area contributed by atoms with Crippen LogP contribution in [-0.2, 0) is 9.47 Å². The number of morpholine rings is 1. The standard InChI is InChI=1S/C20H28N2O4/c1-14(2)18(23)16-4-6-17(7-5-16)21-19(24)22-12-15(3)26-20(13-22)8-10-25-11-9-20/h4-7,14-15H,8-13H2,1-3H3,(H,21,24). The predicted molar refractivity (Wildman–Crippen MR) is 99.5 cm³/mol. The van der Waals surface area contributed by atoms with Gasteiger partial charge in [0, 0.05) is 49.8 Å². The number of benzene rings is 1. The van der Waals surface area contributed by atoms with Gasteiger partial charge in [-0.25, -0.2) is 4.79 Å². The molecule has 142 valence electrons. The Morgan fingerprint density at radius 3 is 2.46 bits per heavy atom. The predicted octanol–water partition coefficient (Wildman–Crippen LogP) is 3.33. The number of urea groups is 1. The van der Waals surface area contributed by atoms with Crippen molar-refractivity contribution >= 4 is 17.5 Å². The minimum atomic E-state index is -0.291. The number of hydrogen-bond acceptors (Lipinski definition) is 4. The summed E-state index contributed by atoms with van der Waals surface area (Å²) in [5, 5.41) is 2.94. The van der Waals surface area contributed by atoms with E-state index in [1.807, 2.05) is 25.7 Å². The van der Waals surface area contributed by atoms with E-state index in [2.05, 4.69) is 5.32 Å². The lowest BCUT2D eigenvalue weighted by molar-refractivity contribution is -0.174. The van der Waals surface area contributed by atoms with Crippen molar-refractivity contribution in [3.05, 3.63) is 29.8 Å². The summed E-state index contributed by atoms with van der Waals surface area (Å²) >= 11 is 0. The highest BCUT2D eigenvalue weighted by Gasteiger charge is 2.42. The van der Waals surface area contributed by atoms with Gasteiger partial charge in [0.05, 0.1) is 18.2 Å². The number of ketones is 1. The smallest absolute Gasteiger partial charge is 0.322 e. The first kappa shape index (κ1) is 18.9. The summed E-state index contributed by atoms with van der Waals surface area (Å²) in [6, 6.07) is 6.96. The molecule has 1 spiro atoms. The molecule has 2 fully saturated rings. The van der Waals surface area contributed by atoms with E-state index in [0.717, 1.165) is 12.8 Å². The van der Waals surface area contributed by atoms with Crippen LogP contribution in [0.2, 0.25) is 0 Å². The molecule has 0 radical (unpaired) electrons. The molecule has 1 unspecified atom stereocenters. The largest absolute Gasteiger partial charge is 0.381 e. The first-order valence-corrected chi connectivity index (χ1v) is 9.34. The van der Waals surface area contributed by atoms with Crippen LogP contribution in [0.3, 0.4) is 0 Å². The molecule has 3 rings (SSSR count). The molecule has 1 aromatic carbocycles. The van der Waals surface area contributed by atoms with Crippen molar-refractivity contribution in [3.8, 4) is 0 Å². The number of carbonyl (C=O) groups is 2. The number of rotatable bonds is 3. The van der Waals surface area contributed by atoms with Crippen LogP contribution in [0, 0.1) is 5.92 Å². The number of nitrogens with one attached hydrogen (secondary N) is 1. The lowest BCUT2D eigenvalue weighted by atomic mass is 9.91. The molecule has 6 nitrogen and oxygen atoms in total. The van der Waals surface area contributed by atoms with Gasteiger partial charge in [0.2, 0.25) is 0 Å². The third-order valence-corrected chi connectivity index (χ3v) is 5.04. The summed E-state index contributed by atoms with van der Waals surface area (Å²) in [7, 11) is 0. The van der Waals surface area contributed by atoms with Gasteiger partial charge >= 0.3 is 6.03 Å². The van der Waals surface area contributed by atoms with Crippen molar-refractivity contribution in [2.45, 2.75) is 45.3 Å². The number of ether oxygens (including phenoxy) is 2. The van der Waals surface area contributed by atoms with Gasteiger partial charge < -0.3 is 19.7 Å². The first-order chi connectivity index (χ1) is 12.4. The monoisotopic (exact) mass is 360 g/mol. The molecule has 1 N–H and O–H groups in total. The minimum Gasteiger partial charge on any atom is -0.381 e. The molecule has 0 bridgehead atoms. The summed E-state index contributed by atoms with van der Waals surface area (Å²) in [4.78, 5) is 26.6. The van der Waals surface area contributed by atoms with Crippen LogP contribution in [0.5, 0.6) is 0 Å². The van der Waals surface area contributed by atoms with Crippen LogP contribution in [0.25, 0.3) is 0 Å². The molecule has 2 heterocycles. The second-order valence-corrected chi connectivity index (χ2v) is 7.63. The van der Waals surface area contributed by atoms with E-state index >= 15 is 0 Å². The molecule has 1 aromatic rings. The Morgan fingerprint density at radius 1 is 1.19 bits per heavy atom. The highest BCUT2D eigenvalue weighted by molar-refractivity contribution is 5.98. The summed E-state index contributed by atoms with van der Waals surface area (Å²) in [5.41, 5.74) is 1.07. The fourth-order valence-corrected chi connectivity index (χ4v) is 3.65. The highest BCUT2D eigenvalue weighted by atomic mass is 16.5. The Balaban J connectivity index is 1.64. The maximum absolute atomic E-state index is 12.7. The van der Waals surface area contributed by atoms with E-state index in [0.29, 0.717) is 37.6 Å². The Hall–Kier alpha value is -1.92. The van der Waals surface area contributed by atoms with Crippen LogP contribution in [0.4, 0.5) is 10.5 Å². The van der Waals surface area contributed by atoms with Crippen molar-refractivity contribution in [2.75, 3.05) is 31.6 Å². The number of nitrogens with zero attached hydrogens (tertiary/aromatic N) is 1. The maximum Gasteiger partial charge on any atom is 0.322 e. The van der Waals surface area contributed by atoms with Crippen LogP contribution >= 0.6 is 0 Å². The van der Waals surface area contributed by atoms with E-state index in [1.165, 1.54) is 0 Å². The molecular formula is C20H28N2O4. The van der Waals surface area contributed by atoms with Crippen LogP contribution in [0.15, 0.2) is 24.3 Å². The van der Waals surface area contributed by atoms with Crippen molar-refractivity contribution in [3.63, 3.8) is 0 Å². The molecule has 0 aromatic heterocycles. The van der Waals surface area contributed by atoms with Gasteiger partial charge in [-0.3, -0.25) is 4.79 Å². The maximum atomic E-state index is 12.7. The van der Waals surface area contributed by atoms with Gasteiger partial charge in [0.1, 0.15) is 0 Å². The Morgan fingerprint density at radius 2 is 1.85 bits per heavy atom. The molecule has 0 aliphatic carbocycles. The molecule has 2 saturated heterocycles. The average Bonchev–Trinajstić information content (AvgIpc) is 2.61. The Kier molecular flexibility index (Phi) is 5.63. The number of anilines is 1. The zero-order valence-corrected chi connectivity index (χ0v) is 15.8. The van der Waals surface area contributed by atoms with Crippen molar-refractivity contribution in [2.24, 2.45) is 5.92 Å². The van der Waals surface area contributed by atoms with Gasteiger partial charge in [-0.05, 0) is 31.2 Å². The van der Waals surface area contributed by atoms with Crippen molar-refractivity contribution < 1.29 is 19.1 Å². The highest BCUT2D eigenvalue weighted by Crippen LogP contribution is 2.31. The van der Waals surface area contributed by atoms with Gasteiger partial charge in [-0.1, -0.05) is 13.8 Å². The molecule has 2 aliphatic heterocycles. The summed E-state index contributed by atoms with van der Waals surface area (Å²) in [5.74, 6) is 0.0623. The average molecular weight is 360 g/mol. The normalized spacial score (nSPS) is 22.5. The summed E-state index contributed by atoms with van der Waals surface area (Å²) in [6.45, 7) is 8.26. The van der Waals surface area contributed by atoms with E-state index < -0.39 is 0 Å². The topological polar surface area (TPSA) is 67.9 Å². The quantitative estimate of drug-likeness (QED) is 0.840. The third kappa shape index (κ3) is 4.24. The van der Waals surface area contributed by atoms with E-state index in [1.54, 1.807) is 24.3 Å². The number of Topliss-reactive ketones (excluding diaryl/α,β-unsaturated/α-hetero) is 1. The third-order valence-electron chi connectivity index (χ3n) is 5.04. The fraction of sp³-hybridized carbons (Fsp3) is 0.600. The Labute approximate surface area is 154 Å². The number of hydrogen-bond donors (Lipinski definition) is 1.